The Morgan fingerprint density at radius 1 is 1.06 bits per heavy atom. The third kappa shape index (κ3) is 4.65. The highest BCUT2D eigenvalue weighted by Crippen LogP contribution is 2.42. The predicted molar refractivity (Wildman–Crippen MR) is 116 cm³/mol. The van der Waals surface area contributed by atoms with Gasteiger partial charge in [-0.15, -0.1) is 0 Å². The Morgan fingerprint density at radius 3 is 2.61 bits per heavy atom. The number of nitrogens with zero attached hydrogens (tertiary/aromatic N) is 2. The standard InChI is InChI=1S/C25H19F4N3O/c26-22-7-15(19-6-18-5-17(14-1-2-14)8-23(18)31-11-19)3-4-16(22)9-24(33)32-21-10-20(12-30-13-21)25(27,28)29/h3-7,10-14H,1-2,8-9H2,(H,32,33). The number of amides is 1. The van der Waals surface area contributed by atoms with E-state index in [0.717, 1.165) is 35.5 Å². The van der Waals surface area contributed by atoms with Crippen LogP contribution in [0.15, 0.2) is 54.5 Å². The summed E-state index contributed by atoms with van der Waals surface area (Å²) in [5.74, 6) is -0.531. The lowest BCUT2D eigenvalue weighted by molar-refractivity contribution is -0.137. The molecule has 1 N–H and O–H groups in total. The molecule has 2 aromatic heterocycles. The average molecular weight is 453 g/mol. The van der Waals surface area contributed by atoms with E-state index in [1.165, 1.54) is 30.5 Å². The van der Waals surface area contributed by atoms with Crippen molar-refractivity contribution in [2.24, 2.45) is 5.92 Å². The maximum Gasteiger partial charge on any atom is 0.417 e. The second-order valence-electron chi connectivity index (χ2n) is 8.42. The normalized spacial score (nSPS) is 15.2. The van der Waals surface area contributed by atoms with E-state index >= 15 is 0 Å². The first-order chi connectivity index (χ1) is 15.8. The summed E-state index contributed by atoms with van der Waals surface area (Å²) in [7, 11) is 0. The van der Waals surface area contributed by atoms with Crippen molar-refractivity contribution in [1.29, 1.82) is 0 Å². The molecule has 33 heavy (non-hydrogen) atoms. The summed E-state index contributed by atoms with van der Waals surface area (Å²) in [4.78, 5) is 20.3. The summed E-state index contributed by atoms with van der Waals surface area (Å²) in [6, 6.07) is 7.35. The first-order valence-electron chi connectivity index (χ1n) is 10.6. The minimum Gasteiger partial charge on any atom is -0.324 e. The van der Waals surface area contributed by atoms with Crippen molar-refractivity contribution < 1.29 is 22.4 Å². The van der Waals surface area contributed by atoms with E-state index in [9.17, 15) is 22.4 Å². The molecule has 4 nitrogen and oxygen atoms in total. The van der Waals surface area contributed by atoms with Crippen molar-refractivity contribution in [3.8, 4) is 11.1 Å². The molecular formula is C25H19F4N3O. The van der Waals surface area contributed by atoms with Crippen LogP contribution in [0.2, 0.25) is 0 Å². The Morgan fingerprint density at radius 2 is 1.88 bits per heavy atom. The molecule has 168 valence electrons. The van der Waals surface area contributed by atoms with E-state index in [4.69, 9.17) is 0 Å². The number of alkyl halides is 3. The third-order valence-electron chi connectivity index (χ3n) is 5.90. The molecule has 1 fully saturated rings. The lowest BCUT2D eigenvalue weighted by Crippen LogP contribution is -2.16. The largest absolute Gasteiger partial charge is 0.417 e. The number of pyridine rings is 2. The SMILES string of the molecule is O=C(Cc1ccc(-c2cnc3c(c2)C=C(C2CC2)C3)cc1F)Nc1cncc(C(F)(F)F)c1. The van der Waals surface area contributed by atoms with Crippen LogP contribution >= 0.6 is 0 Å². The summed E-state index contributed by atoms with van der Waals surface area (Å²) in [6.45, 7) is 0. The van der Waals surface area contributed by atoms with E-state index in [-0.39, 0.29) is 17.7 Å². The third-order valence-corrected chi connectivity index (χ3v) is 5.90. The molecule has 0 unspecified atom stereocenters. The maximum absolute atomic E-state index is 14.7. The van der Waals surface area contributed by atoms with Gasteiger partial charge < -0.3 is 5.32 Å². The Kier molecular flexibility index (Phi) is 5.23. The summed E-state index contributed by atoms with van der Waals surface area (Å²) < 4.78 is 53.1. The number of aromatic nitrogens is 2. The zero-order chi connectivity index (χ0) is 23.2. The van der Waals surface area contributed by atoms with Gasteiger partial charge >= 0.3 is 6.18 Å². The van der Waals surface area contributed by atoms with Gasteiger partial charge in [-0.25, -0.2) is 4.39 Å². The minimum absolute atomic E-state index is 0.102. The van der Waals surface area contributed by atoms with Gasteiger partial charge in [-0.3, -0.25) is 14.8 Å². The molecule has 2 aliphatic carbocycles. The zero-order valence-corrected chi connectivity index (χ0v) is 17.4. The zero-order valence-electron chi connectivity index (χ0n) is 17.4. The van der Waals surface area contributed by atoms with Gasteiger partial charge in [0.05, 0.1) is 29.6 Å². The van der Waals surface area contributed by atoms with E-state index in [1.807, 2.05) is 6.07 Å². The topological polar surface area (TPSA) is 54.9 Å². The van der Waals surface area contributed by atoms with Gasteiger partial charge in [-0.05, 0) is 53.6 Å². The fourth-order valence-electron chi connectivity index (χ4n) is 4.01. The number of anilines is 1. The first kappa shape index (κ1) is 21.3. The predicted octanol–water partition coefficient (Wildman–Crippen LogP) is 5.83. The Balaban J connectivity index is 1.29. The summed E-state index contributed by atoms with van der Waals surface area (Å²) in [5, 5.41) is 2.34. The lowest BCUT2D eigenvalue weighted by atomic mass is 10.0. The number of nitrogens with one attached hydrogen (secondary N) is 1. The van der Waals surface area contributed by atoms with Crippen LogP contribution < -0.4 is 5.32 Å². The van der Waals surface area contributed by atoms with Crippen molar-refractivity contribution in [3.05, 3.63) is 82.7 Å². The first-order valence-corrected chi connectivity index (χ1v) is 10.6. The van der Waals surface area contributed by atoms with Crippen LogP contribution in [0.4, 0.5) is 23.2 Å². The highest BCUT2D eigenvalue weighted by molar-refractivity contribution is 5.92. The van der Waals surface area contributed by atoms with Crippen molar-refractivity contribution in [2.45, 2.75) is 31.9 Å². The monoisotopic (exact) mass is 453 g/mol. The number of halogens is 4. The van der Waals surface area contributed by atoms with Crippen molar-refractivity contribution in [2.75, 3.05) is 5.32 Å². The van der Waals surface area contributed by atoms with Gasteiger partial charge in [-0.2, -0.15) is 13.2 Å². The number of carbonyl (C=O) groups excluding carboxylic acids is 1. The molecule has 0 atom stereocenters. The molecule has 1 aromatic carbocycles. The number of allylic oxidation sites excluding steroid dienone is 1. The van der Waals surface area contributed by atoms with Crippen LogP contribution in [0, 0.1) is 11.7 Å². The van der Waals surface area contributed by atoms with E-state index in [1.54, 1.807) is 12.3 Å². The van der Waals surface area contributed by atoms with Crippen LogP contribution in [0.25, 0.3) is 17.2 Å². The fourth-order valence-corrected chi connectivity index (χ4v) is 4.01. The lowest BCUT2D eigenvalue weighted by Gasteiger charge is -2.10. The smallest absolute Gasteiger partial charge is 0.324 e. The van der Waals surface area contributed by atoms with Crippen LogP contribution in [0.1, 0.15) is 35.2 Å². The van der Waals surface area contributed by atoms with Crippen LogP contribution in [0.3, 0.4) is 0 Å². The molecular weight excluding hydrogens is 434 g/mol. The molecule has 0 saturated heterocycles. The molecule has 0 aliphatic heterocycles. The van der Waals surface area contributed by atoms with Crippen molar-refractivity contribution in [3.63, 3.8) is 0 Å². The average Bonchev–Trinajstić information content (AvgIpc) is 3.53. The number of benzene rings is 1. The molecule has 2 heterocycles. The van der Waals surface area contributed by atoms with Crippen LogP contribution in [0.5, 0.6) is 0 Å². The number of hydrogen-bond acceptors (Lipinski definition) is 3. The van der Waals surface area contributed by atoms with Gasteiger partial charge in [0, 0.05) is 24.4 Å². The maximum atomic E-state index is 14.7. The van der Waals surface area contributed by atoms with Gasteiger partial charge in [0.25, 0.3) is 0 Å². The van der Waals surface area contributed by atoms with Gasteiger partial charge in [0.1, 0.15) is 5.82 Å². The van der Waals surface area contributed by atoms with Crippen LogP contribution in [-0.4, -0.2) is 15.9 Å². The number of hydrogen-bond donors (Lipinski definition) is 1. The molecule has 1 saturated carbocycles. The van der Waals surface area contributed by atoms with Gasteiger partial charge in [0.2, 0.25) is 5.91 Å². The highest BCUT2D eigenvalue weighted by Gasteiger charge is 2.31. The Bertz CT molecular complexity index is 1280. The molecule has 1 amide bonds. The van der Waals surface area contributed by atoms with E-state index < -0.39 is 23.5 Å². The van der Waals surface area contributed by atoms with Crippen LogP contribution in [-0.2, 0) is 23.8 Å². The Labute approximate surface area is 187 Å². The number of carbonyl (C=O) groups is 1. The quantitative estimate of drug-likeness (QED) is 0.495. The molecule has 5 rings (SSSR count). The second-order valence-corrected chi connectivity index (χ2v) is 8.42. The van der Waals surface area contributed by atoms with E-state index in [2.05, 4.69) is 21.4 Å². The molecule has 8 heteroatoms. The summed E-state index contributed by atoms with van der Waals surface area (Å²) in [6.07, 6.45) is 4.14. The van der Waals surface area contributed by atoms with Crippen molar-refractivity contribution >= 4 is 17.7 Å². The van der Waals surface area contributed by atoms with Gasteiger partial charge in [-0.1, -0.05) is 23.8 Å². The summed E-state index contributed by atoms with van der Waals surface area (Å²) >= 11 is 0. The highest BCUT2D eigenvalue weighted by atomic mass is 19.4. The number of rotatable bonds is 5. The summed E-state index contributed by atoms with van der Waals surface area (Å²) in [5.41, 5.74) is 4.01. The fraction of sp³-hybridized carbons (Fsp3) is 0.240. The molecule has 2 aliphatic rings. The van der Waals surface area contributed by atoms with E-state index in [0.29, 0.717) is 17.7 Å². The Hall–Kier alpha value is -3.55. The molecule has 0 radical (unpaired) electrons. The molecule has 0 spiro atoms. The second kappa shape index (κ2) is 8.10. The van der Waals surface area contributed by atoms with Gasteiger partial charge in [0.15, 0.2) is 0 Å². The molecule has 3 aromatic rings. The van der Waals surface area contributed by atoms with Crippen molar-refractivity contribution in [1.82, 2.24) is 9.97 Å². The molecule has 0 bridgehead atoms. The number of fused-ring (bicyclic) bond motifs is 1. The minimum atomic E-state index is -4.57.